The molecule has 0 aliphatic rings. The molecule has 0 aliphatic carbocycles. The Morgan fingerprint density at radius 2 is 1.86 bits per heavy atom. The number of amides is 2. The quantitative estimate of drug-likeness (QED) is 0.639. The number of rotatable bonds is 8. The second-order valence-corrected chi connectivity index (χ2v) is 7.55. The van der Waals surface area contributed by atoms with Crippen LogP contribution in [0.4, 0.5) is 5.82 Å². The highest BCUT2D eigenvalue weighted by atomic mass is 35.5. The lowest BCUT2D eigenvalue weighted by Gasteiger charge is -2.19. The molecule has 0 aliphatic heterocycles. The van der Waals surface area contributed by atoms with Crippen LogP contribution in [0.25, 0.3) is 0 Å². The second-order valence-electron chi connectivity index (χ2n) is 7.11. The summed E-state index contributed by atoms with van der Waals surface area (Å²) in [5.41, 5.74) is 1.13. The minimum Gasteiger partial charge on any atom is -0.454 e. The molecular weight excluding hydrogens is 396 g/mol. The number of benzene rings is 1. The summed E-state index contributed by atoms with van der Waals surface area (Å²) in [4.78, 5) is 37.0. The van der Waals surface area contributed by atoms with E-state index in [2.05, 4.69) is 15.7 Å². The molecule has 0 spiro atoms. The van der Waals surface area contributed by atoms with Crippen molar-refractivity contribution in [3.05, 3.63) is 46.6 Å². The van der Waals surface area contributed by atoms with Crippen LogP contribution in [-0.2, 0) is 21.4 Å². The Bertz CT molecular complexity index is 877. The highest BCUT2D eigenvalue weighted by Crippen LogP contribution is 2.12. The van der Waals surface area contributed by atoms with Crippen molar-refractivity contribution in [1.82, 2.24) is 15.1 Å². The summed E-state index contributed by atoms with van der Waals surface area (Å²) < 4.78 is 6.64. The van der Waals surface area contributed by atoms with Crippen LogP contribution in [0, 0.1) is 12.8 Å². The summed E-state index contributed by atoms with van der Waals surface area (Å²) in [7, 11) is 1.69. The van der Waals surface area contributed by atoms with E-state index in [1.165, 1.54) is 4.68 Å². The van der Waals surface area contributed by atoms with E-state index < -0.39 is 30.4 Å². The molecule has 1 aromatic carbocycles. The van der Waals surface area contributed by atoms with Crippen molar-refractivity contribution < 1.29 is 19.1 Å². The molecule has 2 rings (SSSR count). The van der Waals surface area contributed by atoms with Gasteiger partial charge in [-0.15, -0.1) is 0 Å². The van der Waals surface area contributed by atoms with Crippen LogP contribution in [0.2, 0.25) is 5.02 Å². The topological polar surface area (TPSA) is 102 Å². The lowest BCUT2D eigenvalue weighted by Crippen LogP contribution is -2.43. The van der Waals surface area contributed by atoms with Crippen molar-refractivity contribution in [2.75, 3.05) is 11.9 Å². The molecule has 0 saturated heterocycles. The van der Waals surface area contributed by atoms with Crippen molar-refractivity contribution in [2.45, 2.75) is 33.2 Å². The highest BCUT2D eigenvalue weighted by molar-refractivity contribution is 6.30. The Morgan fingerprint density at radius 1 is 1.21 bits per heavy atom. The number of halogens is 1. The van der Waals surface area contributed by atoms with Gasteiger partial charge in [-0.1, -0.05) is 25.4 Å². The summed E-state index contributed by atoms with van der Waals surface area (Å²) in [5, 5.41) is 9.92. The number of ether oxygens (including phenoxy) is 1. The van der Waals surface area contributed by atoms with Crippen molar-refractivity contribution in [1.29, 1.82) is 0 Å². The normalized spacial score (nSPS) is 11.8. The number of hydrogen-bond donors (Lipinski definition) is 2. The summed E-state index contributed by atoms with van der Waals surface area (Å²) in [6.07, 6.45) is 0.376. The number of nitrogens with one attached hydrogen (secondary N) is 2. The fourth-order valence-electron chi connectivity index (χ4n) is 2.67. The van der Waals surface area contributed by atoms with Crippen LogP contribution in [0.1, 0.15) is 36.3 Å². The lowest BCUT2D eigenvalue weighted by molar-refractivity contribution is -0.149. The third kappa shape index (κ3) is 6.90. The minimum absolute atomic E-state index is 0.129. The molecule has 8 nitrogen and oxygen atoms in total. The molecule has 2 aromatic rings. The van der Waals surface area contributed by atoms with Gasteiger partial charge >= 0.3 is 5.97 Å². The first-order valence-electron chi connectivity index (χ1n) is 9.19. The van der Waals surface area contributed by atoms with Crippen molar-refractivity contribution in [3.63, 3.8) is 0 Å². The van der Waals surface area contributed by atoms with Gasteiger partial charge in [0, 0.05) is 23.7 Å². The van der Waals surface area contributed by atoms with Crippen LogP contribution < -0.4 is 10.6 Å². The number of carbonyl (C=O) groups excluding carboxylic acids is 3. The maximum Gasteiger partial charge on any atom is 0.329 e. The first-order chi connectivity index (χ1) is 13.7. The third-order valence-electron chi connectivity index (χ3n) is 4.02. The van der Waals surface area contributed by atoms with E-state index in [-0.39, 0.29) is 5.92 Å². The smallest absolute Gasteiger partial charge is 0.329 e. The Labute approximate surface area is 174 Å². The number of nitrogens with zero attached hydrogens (tertiary/aromatic N) is 2. The first kappa shape index (κ1) is 22.4. The standard InChI is InChI=1S/C20H25ClN4O4/c1-12(2)9-16(22-19(27)14-5-7-15(21)8-6-14)20(28)29-11-18(26)23-17-10-13(3)24-25(17)4/h5-8,10,12,16H,9,11H2,1-4H3,(H,22,27)(H,23,26). The zero-order valence-electron chi connectivity index (χ0n) is 16.9. The molecule has 0 saturated carbocycles. The molecule has 0 fully saturated rings. The summed E-state index contributed by atoms with van der Waals surface area (Å²) >= 11 is 5.83. The van der Waals surface area contributed by atoms with Gasteiger partial charge in [0.1, 0.15) is 11.9 Å². The SMILES string of the molecule is Cc1cc(NC(=O)COC(=O)C(CC(C)C)NC(=O)c2ccc(Cl)cc2)n(C)n1. The fourth-order valence-corrected chi connectivity index (χ4v) is 2.80. The van der Waals surface area contributed by atoms with Gasteiger partial charge in [-0.05, 0) is 43.5 Å². The molecule has 9 heteroatoms. The molecule has 1 unspecified atom stereocenters. The van der Waals surface area contributed by atoms with Crippen LogP contribution in [-0.4, -0.2) is 40.2 Å². The van der Waals surface area contributed by atoms with E-state index in [0.717, 1.165) is 5.69 Å². The monoisotopic (exact) mass is 420 g/mol. The van der Waals surface area contributed by atoms with Gasteiger partial charge in [-0.25, -0.2) is 4.79 Å². The minimum atomic E-state index is -0.870. The summed E-state index contributed by atoms with van der Waals surface area (Å²) in [6.45, 7) is 5.18. The molecular formula is C20H25ClN4O4. The number of aryl methyl sites for hydroxylation is 2. The number of anilines is 1. The van der Waals surface area contributed by atoms with E-state index >= 15 is 0 Å². The predicted molar refractivity (Wildman–Crippen MR) is 110 cm³/mol. The maximum absolute atomic E-state index is 12.5. The molecule has 0 bridgehead atoms. The van der Waals surface area contributed by atoms with Gasteiger partial charge in [-0.3, -0.25) is 14.3 Å². The van der Waals surface area contributed by atoms with Crippen LogP contribution in [0.15, 0.2) is 30.3 Å². The highest BCUT2D eigenvalue weighted by Gasteiger charge is 2.25. The molecule has 29 heavy (non-hydrogen) atoms. The van der Waals surface area contributed by atoms with Crippen LogP contribution in [0.5, 0.6) is 0 Å². The average molecular weight is 421 g/mol. The fraction of sp³-hybridized carbons (Fsp3) is 0.400. The van der Waals surface area contributed by atoms with Crippen molar-refractivity contribution in [2.24, 2.45) is 13.0 Å². The van der Waals surface area contributed by atoms with E-state index in [4.69, 9.17) is 16.3 Å². The van der Waals surface area contributed by atoms with Crippen molar-refractivity contribution >= 4 is 35.2 Å². The predicted octanol–water partition coefficient (Wildman–Crippen LogP) is 2.71. The molecule has 156 valence electrons. The van der Waals surface area contributed by atoms with Gasteiger partial charge in [0.2, 0.25) is 0 Å². The number of carbonyl (C=O) groups is 3. The van der Waals surface area contributed by atoms with E-state index in [0.29, 0.717) is 22.8 Å². The van der Waals surface area contributed by atoms with E-state index in [1.54, 1.807) is 44.3 Å². The Balaban J connectivity index is 1.95. The third-order valence-corrected chi connectivity index (χ3v) is 4.27. The van der Waals surface area contributed by atoms with Gasteiger partial charge in [0.25, 0.3) is 11.8 Å². The molecule has 2 amide bonds. The summed E-state index contributed by atoms with van der Waals surface area (Å²) in [6, 6.07) is 7.16. The molecule has 1 aromatic heterocycles. The first-order valence-corrected chi connectivity index (χ1v) is 9.57. The van der Waals surface area contributed by atoms with E-state index in [9.17, 15) is 14.4 Å². The second kappa shape index (κ2) is 10.1. The Kier molecular flexibility index (Phi) is 7.78. The number of esters is 1. The van der Waals surface area contributed by atoms with Gasteiger partial charge < -0.3 is 15.4 Å². The zero-order chi connectivity index (χ0) is 21.6. The molecule has 1 atom stereocenters. The van der Waals surface area contributed by atoms with Crippen molar-refractivity contribution in [3.8, 4) is 0 Å². The van der Waals surface area contributed by atoms with E-state index in [1.807, 2.05) is 13.8 Å². The summed E-state index contributed by atoms with van der Waals surface area (Å²) in [5.74, 6) is -0.951. The maximum atomic E-state index is 12.5. The molecule has 2 N–H and O–H groups in total. The van der Waals surface area contributed by atoms with Crippen LogP contribution in [0.3, 0.4) is 0 Å². The Morgan fingerprint density at radius 3 is 2.41 bits per heavy atom. The largest absolute Gasteiger partial charge is 0.454 e. The number of aromatic nitrogens is 2. The number of hydrogen-bond acceptors (Lipinski definition) is 5. The van der Waals surface area contributed by atoms with Gasteiger partial charge in [0.05, 0.1) is 5.69 Å². The van der Waals surface area contributed by atoms with Crippen LogP contribution >= 0.6 is 11.6 Å². The lowest BCUT2D eigenvalue weighted by atomic mass is 10.0. The average Bonchev–Trinajstić information content (AvgIpc) is 2.96. The molecule has 0 radical (unpaired) electrons. The zero-order valence-corrected chi connectivity index (χ0v) is 17.6. The van der Waals surface area contributed by atoms with Gasteiger partial charge in [-0.2, -0.15) is 5.10 Å². The van der Waals surface area contributed by atoms with Gasteiger partial charge in [0.15, 0.2) is 6.61 Å². The molecule has 1 heterocycles. The Hall–Kier alpha value is -2.87.